The third-order valence-corrected chi connectivity index (χ3v) is 3.43. The molecule has 0 radical (unpaired) electrons. The number of aliphatic carboxylic acids is 1. The van der Waals surface area contributed by atoms with Crippen molar-refractivity contribution in [2.45, 2.75) is 6.42 Å². The first-order valence-corrected chi connectivity index (χ1v) is 6.90. The van der Waals surface area contributed by atoms with Crippen molar-refractivity contribution in [2.24, 2.45) is 0 Å². The molecule has 0 heterocycles. The first-order valence-electron chi connectivity index (χ1n) is 5.25. The van der Waals surface area contributed by atoms with Crippen LogP contribution in [0.2, 0.25) is 0 Å². The van der Waals surface area contributed by atoms with Gasteiger partial charge in [0.1, 0.15) is 0 Å². The van der Waals surface area contributed by atoms with Crippen LogP contribution < -0.4 is 4.72 Å². The van der Waals surface area contributed by atoms with E-state index in [2.05, 4.69) is 9.46 Å². The van der Waals surface area contributed by atoms with Crippen molar-refractivity contribution in [1.29, 1.82) is 0 Å². The number of sulfonamides is 1. The molecule has 8 heteroatoms. The van der Waals surface area contributed by atoms with Gasteiger partial charge in [-0.2, -0.15) is 0 Å². The number of nitrogens with one attached hydrogen (secondary N) is 1. The Balaban J connectivity index is 2.82. The minimum Gasteiger partial charge on any atom is -0.481 e. The monoisotopic (exact) mass is 287 g/mol. The molecule has 0 aliphatic rings. The summed E-state index contributed by atoms with van der Waals surface area (Å²) in [6.45, 7) is 0. The lowest BCUT2D eigenvalue weighted by atomic mass is 10.2. The minimum absolute atomic E-state index is 0.174. The smallest absolute Gasteiger partial charge is 0.337 e. The Morgan fingerprint density at radius 1 is 1.37 bits per heavy atom. The van der Waals surface area contributed by atoms with Crippen LogP contribution in [0.15, 0.2) is 24.3 Å². The summed E-state index contributed by atoms with van der Waals surface area (Å²) in [5.74, 6) is -2.33. The maximum Gasteiger partial charge on any atom is 0.337 e. The van der Waals surface area contributed by atoms with Gasteiger partial charge in [-0.3, -0.25) is 9.52 Å². The van der Waals surface area contributed by atoms with Crippen molar-refractivity contribution in [3.05, 3.63) is 29.8 Å². The molecule has 0 saturated carbocycles. The summed E-state index contributed by atoms with van der Waals surface area (Å²) >= 11 is 0. The van der Waals surface area contributed by atoms with E-state index in [0.717, 1.165) is 0 Å². The van der Waals surface area contributed by atoms with Gasteiger partial charge in [-0.25, -0.2) is 13.2 Å². The van der Waals surface area contributed by atoms with E-state index in [1.54, 1.807) is 0 Å². The van der Waals surface area contributed by atoms with E-state index >= 15 is 0 Å². The molecular formula is C11H13NO6S. The third kappa shape index (κ3) is 4.96. The fourth-order valence-electron chi connectivity index (χ4n) is 1.28. The Morgan fingerprint density at radius 3 is 2.63 bits per heavy atom. The summed E-state index contributed by atoms with van der Waals surface area (Å²) in [5.41, 5.74) is 0.370. The first-order chi connectivity index (χ1) is 8.84. The zero-order valence-corrected chi connectivity index (χ0v) is 10.9. The lowest BCUT2D eigenvalue weighted by Crippen LogP contribution is -2.19. The molecule has 0 aliphatic carbocycles. The minimum atomic E-state index is -3.76. The quantitative estimate of drug-likeness (QED) is 0.745. The molecule has 1 rings (SSSR count). The second-order valence-electron chi connectivity index (χ2n) is 3.64. The number of ether oxygens (including phenoxy) is 1. The van der Waals surface area contributed by atoms with E-state index in [-0.39, 0.29) is 11.3 Å². The molecule has 0 spiro atoms. The van der Waals surface area contributed by atoms with Crippen molar-refractivity contribution in [3.63, 3.8) is 0 Å². The van der Waals surface area contributed by atoms with Crippen LogP contribution in [-0.4, -0.2) is 38.3 Å². The Kier molecular flexibility index (Phi) is 4.87. The van der Waals surface area contributed by atoms with Crippen molar-refractivity contribution in [2.75, 3.05) is 17.6 Å². The van der Waals surface area contributed by atoms with Gasteiger partial charge < -0.3 is 9.84 Å². The Labute approximate surface area is 110 Å². The Bertz CT molecular complexity index is 581. The number of hydrogen-bond donors (Lipinski definition) is 2. The summed E-state index contributed by atoms with van der Waals surface area (Å²) < 4.78 is 29.8. The van der Waals surface area contributed by atoms with Crippen LogP contribution in [-0.2, 0) is 19.6 Å². The Hall–Kier alpha value is -2.09. The molecule has 0 fully saturated rings. The van der Waals surface area contributed by atoms with E-state index < -0.39 is 34.1 Å². The molecule has 0 aliphatic heterocycles. The van der Waals surface area contributed by atoms with E-state index in [0.29, 0.717) is 0 Å². The van der Waals surface area contributed by atoms with Crippen LogP contribution in [0.1, 0.15) is 16.8 Å². The van der Waals surface area contributed by atoms with Crippen LogP contribution in [0.25, 0.3) is 0 Å². The van der Waals surface area contributed by atoms with Crippen molar-refractivity contribution in [1.82, 2.24) is 0 Å². The molecule has 0 saturated heterocycles. The number of carbonyl (C=O) groups is 2. The number of hydrogen-bond acceptors (Lipinski definition) is 5. The maximum atomic E-state index is 11.6. The van der Waals surface area contributed by atoms with Crippen LogP contribution in [0, 0.1) is 0 Å². The van der Waals surface area contributed by atoms with Gasteiger partial charge >= 0.3 is 11.9 Å². The Morgan fingerprint density at radius 2 is 2.05 bits per heavy atom. The van der Waals surface area contributed by atoms with E-state index in [9.17, 15) is 18.0 Å². The van der Waals surface area contributed by atoms with Crippen molar-refractivity contribution in [3.8, 4) is 0 Å². The molecule has 0 unspecified atom stereocenters. The largest absolute Gasteiger partial charge is 0.481 e. The van der Waals surface area contributed by atoms with Gasteiger partial charge in [0.25, 0.3) is 0 Å². The van der Waals surface area contributed by atoms with Crippen molar-refractivity contribution < 1.29 is 27.9 Å². The van der Waals surface area contributed by atoms with Gasteiger partial charge in [-0.1, -0.05) is 6.07 Å². The first kappa shape index (κ1) is 15.0. The summed E-state index contributed by atoms with van der Waals surface area (Å²) in [4.78, 5) is 21.6. The summed E-state index contributed by atoms with van der Waals surface area (Å²) in [5, 5.41) is 8.44. The molecule has 19 heavy (non-hydrogen) atoms. The molecule has 0 amide bonds. The van der Waals surface area contributed by atoms with Gasteiger partial charge in [0.15, 0.2) is 0 Å². The predicted octanol–water partition coefficient (Wildman–Crippen LogP) is 0.690. The average Bonchev–Trinajstić information content (AvgIpc) is 2.35. The van der Waals surface area contributed by atoms with Gasteiger partial charge in [0.2, 0.25) is 10.0 Å². The highest BCUT2D eigenvalue weighted by molar-refractivity contribution is 7.92. The van der Waals surface area contributed by atoms with Crippen LogP contribution in [0.5, 0.6) is 0 Å². The standard InChI is InChI=1S/C11H13NO6S/c1-18-11(15)8-3-2-4-9(7-8)12-19(16,17)6-5-10(13)14/h2-4,7,12H,5-6H2,1H3,(H,13,14). The number of benzene rings is 1. The van der Waals surface area contributed by atoms with Crippen LogP contribution in [0.4, 0.5) is 5.69 Å². The molecule has 104 valence electrons. The fraction of sp³-hybridized carbons (Fsp3) is 0.273. The van der Waals surface area contributed by atoms with Gasteiger partial charge in [-0.15, -0.1) is 0 Å². The number of carboxylic acid groups (broad SMARTS) is 1. The van der Waals surface area contributed by atoms with Crippen LogP contribution in [0.3, 0.4) is 0 Å². The number of anilines is 1. The van der Waals surface area contributed by atoms with E-state index in [1.807, 2.05) is 0 Å². The SMILES string of the molecule is COC(=O)c1cccc(NS(=O)(=O)CCC(=O)O)c1. The normalized spacial score (nSPS) is 10.8. The molecule has 1 aromatic rings. The second kappa shape index (κ2) is 6.19. The third-order valence-electron chi connectivity index (χ3n) is 2.14. The number of methoxy groups -OCH3 is 1. The summed E-state index contributed by atoms with van der Waals surface area (Å²) in [6, 6.07) is 5.72. The van der Waals surface area contributed by atoms with Gasteiger partial charge in [0, 0.05) is 5.69 Å². The van der Waals surface area contributed by atoms with Gasteiger partial charge in [0.05, 0.1) is 24.8 Å². The zero-order valence-electron chi connectivity index (χ0n) is 10.1. The summed E-state index contributed by atoms with van der Waals surface area (Å²) in [7, 11) is -2.55. The van der Waals surface area contributed by atoms with Crippen LogP contribution >= 0.6 is 0 Å². The molecule has 0 bridgehead atoms. The molecule has 1 aromatic carbocycles. The topological polar surface area (TPSA) is 110 Å². The maximum absolute atomic E-state index is 11.6. The molecule has 0 aromatic heterocycles. The highest BCUT2D eigenvalue weighted by Gasteiger charge is 2.14. The van der Waals surface area contributed by atoms with Gasteiger partial charge in [-0.05, 0) is 18.2 Å². The lowest BCUT2D eigenvalue weighted by molar-refractivity contribution is -0.136. The highest BCUT2D eigenvalue weighted by atomic mass is 32.2. The molecular weight excluding hydrogens is 274 g/mol. The number of esters is 1. The van der Waals surface area contributed by atoms with E-state index in [1.165, 1.54) is 31.4 Å². The number of carbonyl (C=O) groups excluding carboxylic acids is 1. The average molecular weight is 287 g/mol. The number of rotatable bonds is 6. The highest BCUT2D eigenvalue weighted by Crippen LogP contribution is 2.13. The molecule has 2 N–H and O–H groups in total. The summed E-state index contributed by atoms with van der Waals surface area (Å²) in [6.07, 6.45) is -0.494. The molecule has 0 atom stereocenters. The number of carboxylic acids is 1. The van der Waals surface area contributed by atoms with E-state index in [4.69, 9.17) is 5.11 Å². The molecule has 7 nitrogen and oxygen atoms in total. The van der Waals surface area contributed by atoms with Crippen molar-refractivity contribution >= 4 is 27.6 Å². The predicted molar refractivity (Wildman–Crippen MR) is 67.4 cm³/mol. The lowest BCUT2D eigenvalue weighted by Gasteiger charge is -2.08. The second-order valence-corrected chi connectivity index (χ2v) is 5.48. The fourth-order valence-corrected chi connectivity index (χ4v) is 2.31. The zero-order chi connectivity index (χ0) is 14.5.